The number of ether oxygens (including phenoxy) is 2. The molecule has 0 radical (unpaired) electrons. The first-order chi connectivity index (χ1) is 22.1. The molecule has 3 unspecified atom stereocenters. The van der Waals surface area contributed by atoms with Gasteiger partial charge in [0.2, 0.25) is 17.7 Å². The van der Waals surface area contributed by atoms with E-state index in [2.05, 4.69) is 10.6 Å². The van der Waals surface area contributed by atoms with Crippen LogP contribution < -0.4 is 16.4 Å². The lowest BCUT2D eigenvalue weighted by molar-refractivity contribution is -0.159. The monoisotopic (exact) mass is 668 g/mol. The van der Waals surface area contributed by atoms with Gasteiger partial charge in [0.15, 0.2) is 0 Å². The average Bonchev–Trinajstić information content (AvgIpc) is 2.96. The topological polar surface area (TPSA) is 177 Å². The third-order valence-corrected chi connectivity index (χ3v) is 7.43. The zero-order valence-electron chi connectivity index (χ0n) is 29.6. The predicted molar refractivity (Wildman–Crippen MR) is 182 cm³/mol. The number of nitrogens with one attached hydrogen (secondary N) is 2. The molecular formula is C36H52N4O8. The smallest absolute Gasteiger partial charge is 0.408 e. The standard InChI is InChI=1S/C36H52N4O8/c1-10-36(8,9)40(31(44)26(20-21-28(37)42)39-33(46)48-35(5,6)7)29(24-16-18-25(41)19-17-24)30(43)38-27(32(45)47-34(2,3)4)22-23-14-12-11-13-15-23/h11-19,26-27,29,41H,10,20-22H2,1-9H3,(H2,37,42)(H,38,43)(H,39,46). The van der Waals surface area contributed by atoms with Gasteiger partial charge in [0.1, 0.15) is 35.1 Å². The number of phenolic OH excluding ortho intramolecular Hbond substituents is 1. The van der Waals surface area contributed by atoms with Crippen LogP contribution in [-0.4, -0.2) is 68.6 Å². The summed E-state index contributed by atoms with van der Waals surface area (Å²) in [6, 6.07) is 11.1. The summed E-state index contributed by atoms with van der Waals surface area (Å²) in [5.41, 5.74) is 3.78. The molecule has 0 aromatic heterocycles. The summed E-state index contributed by atoms with van der Waals surface area (Å²) >= 11 is 0. The van der Waals surface area contributed by atoms with Gasteiger partial charge in [-0.15, -0.1) is 0 Å². The van der Waals surface area contributed by atoms with Crippen molar-refractivity contribution in [3.63, 3.8) is 0 Å². The molecule has 0 saturated carbocycles. The highest BCUT2D eigenvalue weighted by Gasteiger charge is 2.44. The number of aromatic hydroxyl groups is 1. The normalized spacial score (nSPS) is 13.8. The van der Waals surface area contributed by atoms with Gasteiger partial charge >= 0.3 is 12.1 Å². The minimum absolute atomic E-state index is 0.0628. The van der Waals surface area contributed by atoms with Gasteiger partial charge in [-0.2, -0.15) is 0 Å². The van der Waals surface area contributed by atoms with Gasteiger partial charge in [-0.25, -0.2) is 9.59 Å². The fourth-order valence-corrected chi connectivity index (χ4v) is 4.85. The first-order valence-electron chi connectivity index (χ1n) is 16.1. The van der Waals surface area contributed by atoms with E-state index in [9.17, 15) is 29.1 Å². The van der Waals surface area contributed by atoms with Crippen LogP contribution in [0.15, 0.2) is 54.6 Å². The number of amides is 4. The molecule has 0 heterocycles. The zero-order valence-corrected chi connectivity index (χ0v) is 29.6. The molecule has 264 valence electrons. The van der Waals surface area contributed by atoms with E-state index in [1.807, 2.05) is 37.3 Å². The fourth-order valence-electron chi connectivity index (χ4n) is 4.85. The van der Waals surface area contributed by atoms with Crippen LogP contribution in [0.2, 0.25) is 0 Å². The number of hydrogen-bond donors (Lipinski definition) is 4. The minimum Gasteiger partial charge on any atom is -0.508 e. The Morgan fingerprint density at radius 2 is 1.38 bits per heavy atom. The average molecular weight is 669 g/mol. The van der Waals surface area contributed by atoms with Gasteiger partial charge in [0.05, 0.1) is 0 Å². The second-order valence-corrected chi connectivity index (χ2v) is 14.4. The van der Waals surface area contributed by atoms with Crippen molar-refractivity contribution in [1.29, 1.82) is 0 Å². The predicted octanol–water partition coefficient (Wildman–Crippen LogP) is 4.68. The number of hydrogen-bond acceptors (Lipinski definition) is 8. The Morgan fingerprint density at radius 1 is 0.812 bits per heavy atom. The maximum atomic E-state index is 14.6. The highest BCUT2D eigenvalue weighted by Crippen LogP contribution is 2.33. The summed E-state index contributed by atoms with van der Waals surface area (Å²) < 4.78 is 11.1. The number of esters is 1. The molecule has 4 amide bonds. The molecule has 0 aliphatic heterocycles. The summed E-state index contributed by atoms with van der Waals surface area (Å²) in [4.78, 5) is 68.7. The first-order valence-corrected chi connectivity index (χ1v) is 16.1. The summed E-state index contributed by atoms with van der Waals surface area (Å²) in [6.07, 6.45) is -0.813. The van der Waals surface area contributed by atoms with Crippen molar-refractivity contribution in [2.45, 2.75) is 123 Å². The van der Waals surface area contributed by atoms with Crippen LogP contribution in [0, 0.1) is 0 Å². The van der Waals surface area contributed by atoms with Crippen molar-refractivity contribution in [2.24, 2.45) is 5.73 Å². The maximum absolute atomic E-state index is 14.6. The van der Waals surface area contributed by atoms with Crippen molar-refractivity contribution in [3.8, 4) is 5.75 Å². The maximum Gasteiger partial charge on any atom is 0.408 e. The van der Waals surface area contributed by atoms with E-state index in [1.165, 1.54) is 29.2 Å². The molecule has 2 aromatic carbocycles. The third kappa shape index (κ3) is 12.5. The van der Waals surface area contributed by atoms with Gasteiger partial charge < -0.3 is 35.8 Å². The Hall–Kier alpha value is -4.61. The van der Waals surface area contributed by atoms with E-state index in [-0.39, 0.29) is 25.0 Å². The lowest BCUT2D eigenvalue weighted by Crippen LogP contribution is -2.60. The van der Waals surface area contributed by atoms with E-state index < -0.39 is 64.7 Å². The molecule has 3 atom stereocenters. The summed E-state index contributed by atoms with van der Waals surface area (Å²) in [6.45, 7) is 15.5. The minimum atomic E-state index is -1.36. The number of phenols is 1. The molecule has 0 saturated heterocycles. The Labute approximate surface area is 283 Å². The highest BCUT2D eigenvalue weighted by molar-refractivity contribution is 5.94. The van der Waals surface area contributed by atoms with Crippen molar-refractivity contribution in [3.05, 3.63) is 65.7 Å². The van der Waals surface area contributed by atoms with E-state index in [4.69, 9.17) is 15.2 Å². The number of carbonyl (C=O) groups excluding carboxylic acids is 5. The molecule has 12 nitrogen and oxygen atoms in total. The molecule has 2 rings (SSSR count). The fraction of sp³-hybridized carbons (Fsp3) is 0.528. The van der Waals surface area contributed by atoms with Gasteiger partial charge in [0, 0.05) is 18.4 Å². The Kier molecular flexibility index (Phi) is 13.6. The number of carbonyl (C=O) groups is 5. The molecule has 0 aliphatic rings. The molecule has 0 bridgehead atoms. The lowest BCUT2D eigenvalue weighted by Gasteiger charge is -2.45. The zero-order chi connectivity index (χ0) is 36.4. The van der Waals surface area contributed by atoms with E-state index >= 15 is 0 Å². The van der Waals surface area contributed by atoms with Gasteiger partial charge in [0.25, 0.3) is 0 Å². The molecule has 0 spiro atoms. The van der Waals surface area contributed by atoms with Crippen LogP contribution in [0.1, 0.15) is 98.7 Å². The number of benzene rings is 2. The van der Waals surface area contributed by atoms with Crippen molar-refractivity contribution in [2.75, 3.05) is 0 Å². The molecule has 12 heteroatoms. The Bertz CT molecular complexity index is 1410. The van der Waals surface area contributed by atoms with Crippen LogP contribution in [0.5, 0.6) is 5.75 Å². The molecule has 0 aliphatic carbocycles. The van der Waals surface area contributed by atoms with Crippen LogP contribution in [-0.2, 0) is 35.1 Å². The summed E-state index contributed by atoms with van der Waals surface area (Å²) in [5.74, 6) is -2.80. The van der Waals surface area contributed by atoms with Crippen LogP contribution >= 0.6 is 0 Å². The van der Waals surface area contributed by atoms with Gasteiger partial charge in [-0.3, -0.25) is 14.4 Å². The molecular weight excluding hydrogens is 616 g/mol. The molecule has 5 N–H and O–H groups in total. The third-order valence-electron chi connectivity index (χ3n) is 7.43. The van der Waals surface area contributed by atoms with Crippen molar-refractivity contribution < 1.29 is 38.6 Å². The second-order valence-electron chi connectivity index (χ2n) is 14.4. The SMILES string of the molecule is CCC(C)(C)N(C(=O)C(CCC(N)=O)NC(=O)OC(C)(C)C)C(C(=O)NC(Cc1ccccc1)C(=O)OC(C)(C)C)c1ccc(O)cc1. The van der Waals surface area contributed by atoms with E-state index in [0.717, 1.165) is 5.56 Å². The highest BCUT2D eigenvalue weighted by atomic mass is 16.6. The lowest BCUT2D eigenvalue weighted by atomic mass is 9.91. The van der Waals surface area contributed by atoms with E-state index in [1.54, 1.807) is 55.4 Å². The summed E-state index contributed by atoms with van der Waals surface area (Å²) in [7, 11) is 0. The number of nitrogens with two attached hydrogens (primary N) is 1. The van der Waals surface area contributed by atoms with Crippen molar-refractivity contribution >= 4 is 29.8 Å². The molecule has 48 heavy (non-hydrogen) atoms. The Balaban J connectivity index is 2.70. The quantitative estimate of drug-likeness (QED) is 0.210. The Morgan fingerprint density at radius 3 is 1.88 bits per heavy atom. The molecule has 2 aromatic rings. The van der Waals surface area contributed by atoms with Crippen molar-refractivity contribution in [1.82, 2.24) is 15.5 Å². The number of rotatable bonds is 14. The van der Waals surface area contributed by atoms with Gasteiger partial charge in [-0.05, 0) is 91.5 Å². The number of primary amides is 1. The van der Waals surface area contributed by atoms with Crippen LogP contribution in [0.25, 0.3) is 0 Å². The number of nitrogens with zero attached hydrogens (tertiary/aromatic N) is 1. The summed E-state index contributed by atoms with van der Waals surface area (Å²) in [5, 5.41) is 15.5. The number of alkyl carbamates (subject to hydrolysis) is 1. The molecule has 0 fully saturated rings. The van der Waals surface area contributed by atoms with Crippen LogP contribution in [0.3, 0.4) is 0 Å². The second kappa shape index (κ2) is 16.5. The van der Waals surface area contributed by atoms with E-state index in [0.29, 0.717) is 12.0 Å². The van der Waals surface area contributed by atoms with Crippen LogP contribution in [0.4, 0.5) is 4.79 Å². The first kappa shape index (κ1) is 39.6. The van der Waals surface area contributed by atoms with Gasteiger partial charge in [-0.1, -0.05) is 49.4 Å². The largest absolute Gasteiger partial charge is 0.508 e.